The highest BCUT2D eigenvalue weighted by Gasteiger charge is 2.45. The maximum atomic E-state index is 12.1. The monoisotopic (exact) mass is 444 g/mol. The van der Waals surface area contributed by atoms with E-state index in [0.29, 0.717) is 6.42 Å². The topological polar surface area (TPSA) is 105 Å². The van der Waals surface area contributed by atoms with Crippen LogP contribution in [0.4, 0.5) is 0 Å². The van der Waals surface area contributed by atoms with E-state index in [-0.39, 0.29) is 6.42 Å². The van der Waals surface area contributed by atoms with Gasteiger partial charge in [0.2, 0.25) is 0 Å². The third-order valence-electron chi connectivity index (χ3n) is 5.25. The molecular weight excluding hydrogens is 404 g/mol. The minimum absolute atomic E-state index is 0.123. The highest BCUT2D eigenvalue weighted by molar-refractivity contribution is 5.93. The van der Waals surface area contributed by atoms with E-state index in [1.54, 1.807) is 0 Å². The van der Waals surface area contributed by atoms with Crippen molar-refractivity contribution in [2.75, 3.05) is 21.3 Å². The van der Waals surface area contributed by atoms with Gasteiger partial charge in [-0.25, -0.2) is 4.79 Å². The number of ether oxygens (including phenoxy) is 4. The molecule has 0 rings (SSSR count). The van der Waals surface area contributed by atoms with E-state index in [2.05, 4.69) is 16.4 Å². The molecule has 0 saturated carbocycles. The van der Waals surface area contributed by atoms with Gasteiger partial charge in [0.1, 0.15) is 0 Å². The molecule has 1 atom stereocenters. The Bertz CT molecular complexity index is 546. The molecule has 0 radical (unpaired) electrons. The molecule has 0 heterocycles. The standard InChI is InChI=1S/C23H40O8/c1-5-6-7-8-9-10-11-12-13-14-15-16-19(24)31-21(26)18-23(30-4,22(27)29-3)17-20(25)28-2/h5-18H2,1-4H3. The largest absolute Gasteiger partial charge is 0.469 e. The fraction of sp³-hybridized carbons (Fsp3) is 0.826. The first kappa shape index (κ1) is 29.0. The molecule has 1 unspecified atom stereocenters. The average Bonchev–Trinajstić information content (AvgIpc) is 2.75. The highest BCUT2D eigenvalue weighted by Crippen LogP contribution is 2.24. The van der Waals surface area contributed by atoms with Crippen molar-refractivity contribution in [1.29, 1.82) is 0 Å². The maximum Gasteiger partial charge on any atom is 0.339 e. The number of unbranched alkanes of at least 4 members (excludes halogenated alkanes) is 10. The zero-order valence-electron chi connectivity index (χ0n) is 19.7. The summed E-state index contributed by atoms with van der Waals surface area (Å²) in [6.45, 7) is 2.21. The first-order valence-corrected chi connectivity index (χ1v) is 11.3. The minimum atomic E-state index is -1.89. The van der Waals surface area contributed by atoms with Crippen LogP contribution >= 0.6 is 0 Å². The van der Waals surface area contributed by atoms with Crippen molar-refractivity contribution in [3.8, 4) is 0 Å². The lowest BCUT2D eigenvalue weighted by atomic mass is 9.95. The van der Waals surface area contributed by atoms with Crippen LogP contribution in [0.25, 0.3) is 0 Å². The molecule has 0 saturated heterocycles. The molecule has 0 fully saturated rings. The van der Waals surface area contributed by atoms with E-state index >= 15 is 0 Å². The van der Waals surface area contributed by atoms with Gasteiger partial charge in [0.25, 0.3) is 0 Å². The summed E-state index contributed by atoms with van der Waals surface area (Å²) in [7, 11) is 3.42. The lowest BCUT2D eigenvalue weighted by Crippen LogP contribution is -2.46. The number of hydrogen-bond donors (Lipinski definition) is 0. The summed E-state index contributed by atoms with van der Waals surface area (Å²) in [5.41, 5.74) is -1.89. The molecule has 8 nitrogen and oxygen atoms in total. The minimum Gasteiger partial charge on any atom is -0.469 e. The fourth-order valence-electron chi connectivity index (χ4n) is 3.31. The van der Waals surface area contributed by atoms with E-state index < -0.39 is 42.3 Å². The van der Waals surface area contributed by atoms with Gasteiger partial charge < -0.3 is 18.9 Å². The third-order valence-corrected chi connectivity index (χ3v) is 5.25. The smallest absolute Gasteiger partial charge is 0.339 e. The van der Waals surface area contributed by atoms with Crippen molar-refractivity contribution in [1.82, 2.24) is 0 Å². The Balaban J connectivity index is 4.17. The third kappa shape index (κ3) is 13.1. The number of methoxy groups -OCH3 is 3. The van der Waals surface area contributed by atoms with Crippen LogP contribution in [0.15, 0.2) is 0 Å². The molecule has 0 spiro atoms. The quantitative estimate of drug-likeness (QED) is 0.134. The van der Waals surface area contributed by atoms with Crippen LogP contribution < -0.4 is 0 Å². The molecule has 0 aliphatic carbocycles. The Kier molecular flexibility index (Phi) is 16.6. The number of rotatable bonds is 18. The van der Waals surface area contributed by atoms with E-state index in [1.165, 1.54) is 52.1 Å². The van der Waals surface area contributed by atoms with E-state index in [1.807, 2.05) is 0 Å². The number of carbonyl (C=O) groups excluding carboxylic acids is 4. The van der Waals surface area contributed by atoms with Crippen molar-refractivity contribution in [2.24, 2.45) is 0 Å². The number of esters is 4. The SMILES string of the molecule is CCCCCCCCCCCCCC(=O)OC(=O)CC(CC(=O)OC)(OC)C(=O)OC. The molecule has 0 aliphatic heterocycles. The van der Waals surface area contributed by atoms with Crippen LogP contribution in [0.3, 0.4) is 0 Å². The van der Waals surface area contributed by atoms with Gasteiger partial charge in [0.15, 0.2) is 5.60 Å². The molecular formula is C23H40O8. The van der Waals surface area contributed by atoms with Crippen molar-refractivity contribution in [3.63, 3.8) is 0 Å². The van der Waals surface area contributed by atoms with Crippen LogP contribution in [0.2, 0.25) is 0 Å². The lowest BCUT2D eigenvalue weighted by molar-refractivity contribution is -0.180. The van der Waals surface area contributed by atoms with Crippen LogP contribution in [-0.2, 0) is 38.1 Å². The van der Waals surface area contributed by atoms with E-state index in [9.17, 15) is 19.2 Å². The molecule has 0 aromatic heterocycles. The van der Waals surface area contributed by atoms with Crippen molar-refractivity contribution in [2.45, 2.75) is 102 Å². The van der Waals surface area contributed by atoms with Crippen LogP contribution in [0, 0.1) is 0 Å². The number of hydrogen-bond acceptors (Lipinski definition) is 8. The van der Waals surface area contributed by atoms with Gasteiger partial charge in [0.05, 0.1) is 27.1 Å². The van der Waals surface area contributed by atoms with Crippen LogP contribution in [0.1, 0.15) is 96.8 Å². The first-order valence-electron chi connectivity index (χ1n) is 11.3. The van der Waals surface area contributed by atoms with E-state index in [0.717, 1.165) is 33.5 Å². The highest BCUT2D eigenvalue weighted by atomic mass is 16.6. The van der Waals surface area contributed by atoms with Gasteiger partial charge in [-0.2, -0.15) is 0 Å². The maximum absolute atomic E-state index is 12.1. The van der Waals surface area contributed by atoms with Gasteiger partial charge in [-0.1, -0.05) is 71.1 Å². The Morgan fingerprint density at radius 1 is 0.613 bits per heavy atom. The Morgan fingerprint density at radius 2 is 1.10 bits per heavy atom. The van der Waals surface area contributed by atoms with Gasteiger partial charge in [0, 0.05) is 13.5 Å². The molecule has 31 heavy (non-hydrogen) atoms. The van der Waals surface area contributed by atoms with Crippen LogP contribution in [0.5, 0.6) is 0 Å². The van der Waals surface area contributed by atoms with Gasteiger partial charge in [-0.05, 0) is 6.42 Å². The second-order valence-corrected chi connectivity index (χ2v) is 7.75. The van der Waals surface area contributed by atoms with Crippen LogP contribution in [-0.4, -0.2) is 50.8 Å². The summed E-state index contributed by atoms with van der Waals surface area (Å²) in [4.78, 5) is 47.7. The molecule has 8 heteroatoms. The summed E-state index contributed by atoms with van der Waals surface area (Å²) < 4.78 is 19.1. The normalized spacial score (nSPS) is 12.6. The Labute approximate surface area is 186 Å². The van der Waals surface area contributed by atoms with Gasteiger partial charge in [-0.15, -0.1) is 0 Å². The second kappa shape index (κ2) is 17.7. The molecule has 0 aromatic carbocycles. The molecule has 0 aliphatic rings. The van der Waals surface area contributed by atoms with E-state index in [4.69, 9.17) is 9.47 Å². The predicted octanol–water partition coefficient (Wildman–Crippen LogP) is 4.27. The summed E-state index contributed by atoms with van der Waals surface area (Å²) in [6.07, 6.45) is 11.7. The summed E-state index contributed by atoms with van der Waals surface area (Å²) >= 11 is 0. The summed E-state index contributed by atoms with van der Waals surface area (Å²) in [6, 6.07) is 0. The summed E-state index contributed by atoms with van der Waals surface area (Å²) in [5.74, 6) is -3.29. The first-order chi connectivity index (χ1) is 14.8. The van der Waals surface area contributed by atoms with Gasteiger partial charge in [-0.3, -0.25) is 14.4 Å². The Hall–Kier alpha value is -1.96. The second-order valence-electron chi connectivity index (χ2n) is 7.75. The van der Waals surface area contributed by atoms with Crippen molar-refractivity contribution < 1.29 is 38.1 Å². The molecule has 180 valence electrons. The Morgan fingerprint density at radius 3 is 1.55 bits per heavy atom. The average molecular weight is 445 g/mol. The molecule has 0 bridgehead atoms. The van der Waals surface area contributed by atoms with Gasteiger partial charge >= 0.3 is 23.9 Å². The lowest BCUT2D eigenvalue weighted by Gasteiger charge is -2.27. The summed E-state index contributed by atoms with van der Waals surface area (Å²) in [5, 5.41) is 0. The zero-order chi connectivity index (χ0) is 23.5. The predicted molar refractivity (Wildman–Crippen MR) is 115 cm³/mol. The zero-order valence-corrected chi connectivity index (χ0v) is 19.7. The molecule has 0 amide bonds. The van der Waals surface area contributed by atoms with Crippen molar-refractivity contribution >= 4 is 23.9 Å². The molecule has 0 aromatic rings. The number of carbonyl (C=O) groups is 4. The molecule has 0 N–H and O–H groups in total. The fourth-order valence-corrected chi connectivity index (χ4v) is 3.31. The van der Waals surface area contributed by atoms with Crippen molar-refractivity contribution in [3.05, 3.63) is 0 Å².